The van der Waals surface area contributed by atoms with Crippen molar-refractivity contribution in [1.29, 1.82) is 0 Å². The molecule has 2 saturated heterocycles. The van der Waals surface area contributed by atoms with Gasteiger partial charge in [0.2, 0.25) is 15.9 Å². The van der Waals surface area contributed by atoms with Crippen LogP contribution in [0.1, 0.15) is 27.2 Å². The van der Waals surface area contributed by atoms with Gasteiger partial charge in [-0.25, -0.2) is 8.42 Å². The molecule has 2 fully saturated rings. The molecule has 2 aliphatic heterocycles. The molecule has 3 unspecified atom stereocenters. The lowest BCUT2D eigenvalue weighted by molar-refractivity contribution is -0.138. The summed E-state index contributed by atoms with van der Waals surface area (Å²) < 4.78 is 33.7. The number of nitrogens with zero attached hydrogens (tertiary/aromatic N) is 3. The van der Waals surface area contributed by atoms with Crippen LogP contribution in [0.25, 0.3) is 0 Å². The van der Waals surface area contributed by atoms with Crippen LogP contribution in [0.2, 0.25) is 0 Å². The Labute approximate surface area is 259 Å². The fourth-order valence-electron chi connectivity index (χ4n) is 5.73. The molecule has 226 valence electrons. The lowest BCUT2D eigenvalue weighted by Gasteiger charge is -2.28. The number of pyridine rings is 1. The first kappa shape index (κ1) is 29.7. The number of benzene rings is 2. The molecule has 2 aromatic carbocycles. The van der Waals surface area contributed by atoms with Gasteiger partial charge >= 0.3 is 0 Å². The molecule has 12 heteroatoms. The number of Topliss-reactive ketones (excluding diaryl/α,β-unsaturated/α-hetero) is 1. The van der Waals surface area contributed by atoms with Crippen LogP contribution in [0.5, 0.6) is 11.5 Å². The molecule has 0 saturated carbocycles. The van der Waals surface area contributed by atoms with Crippen molar-refractivity contribution in [2.45, 2.75) is 36.7 Å². The highest BCUT2D eigenvalue weighted by molar-refractivity contribution is 7.88. The molecule has 1 N–H and O–H groups in total. The summed E-state index contributed by atoms with van der Waals surface area (Å²) in [4.78, 5) is 46.9. The standard InChI is InChI=1S/C32H30N4O6S2/c37-29-20-36(44(40,41)21-22-6-4-15-33-19-22)28-14-16-35(30(28)29)32(39)27(18-26-9-5-17-43-26)34-31(38)23-10-12-25(13-11-23)42-24-7-2-1-3-8-24/h1-13,15,17,19,27-28,30H,14,16,18,20-21H2,(H,34,38). The lowest BCUT2D eigenvalue weighted by atomic mass is 10.1. The first-order chi connectivity index (χ1) is 21.3. The first-order valence-electron chi connectivity index (χ1n) is 14.2. The summed E-state index contributed by atoms with van der Waals surface area (Å²) in [6.07, 6.45) is 3.62. The van der Waals surface area contributed by atoms with Gasteiger partial charge in [0.05, 0.1) is 18.3 Å². The molecular weight excluding hydrogens is 601 g/mol. The lowest BCUT2D eigenvalue weighted by Crippen LogP contribution is -2.53. The second-order valence-electron chi connectivity index (χ2n) is 10.7. The molecule has 6 rings (SSSR count). The SMILES string of the molecule is O=C(NC(Cc1cccs1)C(=O)N1CCC2C1C(=O)CN2S(=O)(=O)Cc1cccnc1)c1ccc(Oc2ccccc2)cc1. The van der Waals surface area contributed by atoms with E-state index in [0.29, 0.717) is 29.0 Å². The largest absolute Gasteiger partial charge is 0.457 e. The molecule has 3 atom stereocenters. The Balaban J connectivity index is 1.17. The highest BCUT2D eigenvalue weighted by Gasteiger charge is 2.54. The number of sulfonamides is 1. The number of carbonyl (C=O) groups excluding carboxylic acids is 3. The average Bonchev–Trinajstić information content (AvgIpc) is 3.77. The van der Waals surface area contributed by atoms with Crippen molar-refractivity contribution in [3.05, 3.63) is 113 Å². The Morgan fingerprint density at radius 2 is 1.77 bits per heavy atom. The normalized spacial score (nSPS) is 19.0. The number of ether oxygens (including phenoxy) is 1. The topological polar surface area (TPSA) is 126 Å². The maximum Gasteiger partial charge on any atom is 0.251 e. The van der Waals surface area contributed by atoms with Gasteiger partial charge in [0.15, 0.2) is 5.78 Å². The molecule has 0 aliphatic carbocycles. The van der Waals surface area contributed by atoms with Crippen molar-refractivity contribution in [3.8, 4) is 11.5 Å². The predicted molar refractivity (Wildman–Crippen MR) is 165 cm³/mol. The van der Waals surface area contributed by atoms with Crippen LogP contribution in [0, 0.1) is 0 Å². The minimum absolute atomic E-state index is 0.209. The van der Waals surface area contributed by atoms with Crippen LogP contribution < -0.4 is 10.1 Å². The van der Waals surface area contributed by atoms with E-state index < -0.39 is 40.0 Å². The van der Waals surface area contributed by atoms with Gasteiger partial charge in [-0.2, -0.15) is 4.31 Å². The number of rotatable bonds is 10. The molecule has 0 bridgehead atoms. The molecule has 10 nitrogen and oxygen atoms in total. The number of aromatic nitrogens is 1. The summed E-state index contributed by atoms with van der Waals surface area (Å²) >= 11 is 1.46. The number of thiophene rings is 1. The van der Waals surface area contributed by atoms with Crippen molar-refractivity contribution < 1.29 is 27.5 Å². The highest BCUT2D eigenvalue weighted by atomic mass is 32.2. The molecule has 0 spiro atoms. The van der Waals surface area contributed by atoms with Gasteiger partial charge in [0, 0.05) is 35.8 Å². The monoisotopic (exact) mass is 630 g/mol. The summed E-state index contributed by atoms with van der Waals surface area (Å²) in [7, 11) is -3.83. The van der Waals surface area contributed by atoms with Gasteiger partial charge in [0.25, 0.3) is 5.91 Å². The second-order valence-corrected chi connectivity index (χ2v) is 13.7. The fourth-order valence-corrected chi connectivity index (χ4v) is 8.20. The van der Waals surface area contributed by atoms with E-state index in [0.717, 1.165) is 4.88 Å². The average molecular weight is 631 g/mol. The van der Waals surface area contributed by atoms with Crippen LogP contribution in [-0.4, -0.2) is 71.4 Å². The van der Waals surface area contributed by atoms with Gasteiger partial charge < -0.3 is 15.0 Å². The van der Waals surface area contributed by atoms with Gasteiger partial charge in [-0.1, -0.05) is 30.3 Å². The van der Waals surface area contributed by atoms with Crippen molar-refractivity contribution >= 4 is 39.0 Å². The summed E-state index contributed by atoms with van der Waals surface area (Å²) in [5.41, 5.74) is 0.867. The summed E-state index contributed by atoms with van der Waals surface area (Å²) in [6, 6.07) is 20.5. The number of carbonyl (C=O) groups is 3. The Morgan fingerprint density at radius 3 is 2.48 bits per heavy atom. The smallest absolute Gasteiger partial charge is 0.251 e. The fraction of sp³-hybridized carbons (Fsp3) is 0.250. The maximum absolute atomic E-state index is 14.0. The van der Waals surface area contributed by atoms with Crippen LogP contribution in [0.4, 0.5) is 0 Å². The Morgan fingerprint density at radius 1 is 1.00 bits per heavy atom. The van der Waals surface area contributed by atoms with E-state index in [4.69, 9.17) is 4.74 Å². The number of hydrogen-bond donors (Lipinski definition) is 1. The molecule has 44 heavy (non-hydrogen) atoms. The molecule has 2 amide bonds. The Bertz CT molecular complexity index is 1730. The van der Waals surface area contributed by atoms with Crippen LogP contribution in [-0.2, 0) is 31.8 Å². The number of amides is 2. The van der Waals surface area contributed by atoms with E-state index in [1.54, 1.807) is 42.6 Å². The molecule has 4 aromatic rings. The zero-order valence-electron chi connectivity index (χ0n) is 23.6. The van der Waals surface area contributed by atoms with Crippen molar-refractivity contribution in [2.75, 3.05) is 13.1 Å². The predicted octanol–water partition coefficient (Wildman–Crippen LogP) is 3.66. The highest BCUT2D eigenvalue weighted by Crippen LogP contribution is 2.33. The van der Waals surface area contributed by atoms with Gasteiger partial charge in [-0.15, -0.1) is 11.3 Å². The minimum atomic E-state index is -3.83. The van der Waals surface area contributed by atoms with Gasteiger partial charge in [-0.3, -0.25) is 19.4 Å². The van der Waals surface area contributed by atoms with Crippen LogP contribution in [0.15, 0.2) is 96.6 Å². The number of ketones is 1. The van der Waals surface area contributed by atoms with Crippen LogP contribution in [0.3, 0.4) is 0 Å². The Kier molecular flexibility index (Phi) is 8.56. The maximum atomic E-state index is 14.0. The quantitative estimate of drug-likeness (QED) is 0.284. The van der Waals surface area contributed by atoms with Gasteiger partial charge in [0.1, 0.15) is 23.6 Å². The first-order valence-corrected chi connectivity index (χ1v) is 16.7. The molecule has 0 radical (unpaired) electrons. The summed E-state index contributed by atoms with van der Waals surface area (Å²) in [5, 5.41) is 4.76. The van der Waals surface area contributed by atoms with Crippen molar-refractivity contribution in [2.24, 2.45) is 0 Å². The van der Waals surface area contributed by atoms with Crippen LogP contribution >= 0.6 is 11.3 Å². The van der Waals surface area contributed by atoms with E-state index >= 15 is 0 Å². The molecule has 2 aliphatic rings. The number of fused-ring (bicyclic) bond motifs is 1. The number of hydrogen-bond acceptors (Lipinski definition) is 8. The third-order valence-corrected chi connectivity index (χ3v) is 10.5. The van der Waals surface area contributed by atoms with E-state index in [9.17, 15) is 22.8 Å². The molecule has 2 aromatic heterocycles. The third-order valence-electron chi connectivity index (χ3n) is 7.77. The number of nitrogens with one attached hydrogen (secondary N) is 1. The number of para-hydroxylation sites is 1. The zero-order valence-corrected chi connectivity index (χ0v) is 25.2. The summed E-state index contributed by atoms with van der Waals surface area (Å²) in [5.74, 6) is -0.239. The minimum Gasteiger partial charge on any atom is -0.457 e. The van der Waals surface area contributed by atoms with Crippen molar-refractivity contribution in [1.82, 2.24) is 19.5 Å². The second kappa shape index (κ2) is 12.7. The van der Waals surface area contributed by atoms with E-state index in [2.05, 4.69) is 10.3 Å². The van der Waals surface area contributed by atoms with E-state index in [1.807, 2.05) is 47.8 Å². The number of likely N-dealkylation sites (tertiary alicyclic amines) is 1. The zero-order chi connectivity index (χ0) is 30.7. The molecular formula is C32H30N4O6S2. The van der Waals surface area contributed by atoms with Crippen molar-refractivity contribution in [3.63, 3.8) is 0 Å². The van der Waals surface area contributed by atoms with Gasteiger partial charge in [-0.05, 0) is 65.9 Å². The Hall–Kier alpha value is -4.39. The third kappa shape index (κ3) is 6.42. The van der Waals surface area contributed by atoms with E-state index in [1.165, 1.54) is 26.7 Å². The van der Waals surface area contributed by atoms with E-state index in [-0.39, 0.29) is 31.0 Å². The summed E-state index contributed by atoms with van der Waals surface area (Å²) in [6.45, 7) is -0.0811. The molecule has 4 heterocycles.